The first kappa shape index (κ1) is 13.1. The van der Waals surface area contributed by atoms with Gasteiger partial charge < -0.3 is 10.4 Å². The van der Waals surface area contributed by atoms with E-state index in [1.54, 1.807) is 31.3 Å². The first-order valence-corrected chi connectivity index (χ1v) is 6.60. The number of nitrogens with zero attached hydrogens (tertiary/aromatic N) is 1. The van der Waals surface area contributed by atoms with Crippen molar-refractivity contribution in [3.8, 4) is 5.75 Å². The summed E-state index contributed by atoms with van der Waals surface area (Å²) in [7, 11) is 0. The minimum atomic E-state index is -0.275. The summed E-state index contributed by atoms with van der Waals surface area (Å²) in [6, 6.07) is 14.3. The maximum absolute atomic E-state index is 12.3. The van der Waals surface area contributed by atoms with Gasteiger partial charge in [0.05, 0.1) is 11.2 Å². The third kappa shape index (κ3) is 2.56. The van der Waals surface area contributed by atoms with E-state index in [0.717, 1.165) is 16.5 Å². The molecule has 0 radical (unpaired) electrons. The highest BCUT2D eigenvalue weighted by Crippen LogP contribution is 2.22. The SMILES string of the molecule is Cc1ccc(C(=O)Nc2cccc3cccnc23)cc1O. The molecule has 0 aliphatic heterocycles. The molecule has 4 nitrogen and oxygen atoms in total. The number of aromatic nitrogens is 1. The maximum Gasteiger partial charge on any atom is 0.255 e. The lowest BCUT2D eigenvalue weighted by Crippen LogP contribution is -2.12. The van der Waals surface area contributed by atoms with E-state index in [4.69, 9.17) is 0 Å². The number of para-hydroxylation sites is 1. The first-order valence-electron chi connectivity index (χ1n) is 6.60. The predicted molar refractivity (Wildman–Crippen MR) is 82.5 cm³/mol. The Kier molecular flexibility index (Phi) is 3.28. The summed E-state index contributed by atoms with van der Waals surface area (Å²) in [5.41, 5.74) is 2.53. The van der Waals surface area contributed by atoms with Crippen molar-refractivity contribution in [3.63, 3.8) is 0 Å². The fourth-order valence-corrected chi connectivity index (χ4v) is 2.15. The van der Waals surface area contributed by atoms with E-state index in [1.165, 1.54) is 6.07 Å². The number of phenols is 1. The standard InChI is InChI=1S/C17H14N2O2/c1-11-7-8-13(10-15(11)20)17(21)19-14-6-2-4-12-5-3-9-18-16(12)14/h2-10,20H,1H3,(H,19,21). The van der Waals surface area contributed by atoms with Crippen LogP contribution in [0.3, 0.4) is 0 Å². The molecule has 0 unspecified atom stereocenters. The fraction of sp³-hybridized carbons (Fsp3) is 0.0588. The Labute approximate surface area is 122 Å². The second-order valence-corrected chi connectivity index (χ2v) is 4.84. The van der Waals surface area contributed by atoms with E-state index in [1.807, 2.05) is 24.3 Å². The quantitative estimate of drug-likeness (QED) is 0.754. The van der Waals surface area contributed by atoms with Crippen LogP contribution in [0, 0.1) is 6.92 Å². The van der Waals surface area contributed by atoms with E-state index >= 15 is 0 Å². The Morgan fingerprint density at radius 3 is 2.76 bits per heavy atom. The molecule has 1 amide bonds. The molecule has 0 bridgehead atoms. The number of carbonyl (C=O) groups is 1. The molecule has 0 aliphatic carbocycles. The summed E-state index contributed by atoms with van der Waals surface area (Å²) in [6.45, 7) is 1.78. The molecule has 3 aromatic rings. The number of rotatable bonds is 2. The van der Waals surface area contributed by atoms with Crippen molar-refractivity contribution in [1.82, 2.24) is 4.98 Å². The number of pyridine rings is 1. The molecule has 21 heavy (non-hydrogen) atoms. The number of aromatic hydroxyl groups is 1. The molecule has 2 N–H and O–H groups in total. The molecule has 0 aliphatic rings. The molecule has 4 heteroatoms. The molecular formula is C17H14N2O2. The summed E-state index contributed by atoms with van der Waals surface area (Å²) in [6.07, 6.45) is 1.69. The Hall–Kier alpha value is -2.88. The van der Waals surface area contributed by atoms with Crippen molar-refractivity contribution in [2.45, 2.75) is 6.92 Å². The average molecular weight is 278 g/mol. The number of hydrogen-bond donors (Lipinski definition) is 2. The van der Waals surface area contributed by atoms with Gasteiger partial charge in [-0.05, 0) is 36.8 Å². The van der Waals surface area contributed by atoms with Crippen LogP contribution in [0.15, 0.2) is 54.7 Å². The zero-order valence-corrected chi connectivity index (χ0v) is 11.5. The number of nitrogens with one attached hydrogen (secondary N) is 1. The minimum Gasteiger partial charge on any atom is -0.508 e. The topological polar surface area (TPSA) is 62.2 Å². The summed E-state index contributed by atoms with van der Waals surface area (Å²) in [5.74, 6) is -0.165. The van der Waals surface area contributed by atoms with Crippen molar-refractivity contribution < 1.29 is 9.90 Å². The number of aryl methyl sites for hydroxylation is 1. The highest BCUT2D eigenvalue weighted by atomic mass is 16.3. The molecule has 0 saturated heterocycles. The highest BCUT2D eigenvalue weighted by Gasteiger charge is 2.10. The van der Waals surface area contributed by atoms with Gasteiger partial charge in [0.15, 0.2) is 0 Å². The average Bonchev–Trinajstić information content (AvgIpc) is 2.50. The van der Waals surface area contributed by atoms with E-state index in [0.29, 0.717) is 11.3 Å². The Morgan fingerprint density at radius 2 is 1.95 bits per heavy atom. The lowest BCUT2D eigenvalue weighted by Gasteiger charge is -2.08. The van der Waals surface area contributed by atoms with Crippen molar-refractivity contribution in [3.05, 3.63) is 65.9 Å². The molecule has 0 spiro atoms. The highest BCUT2D eigenvalue weighted by molar-refractivity contribution is 6.08. The molecule has 0 fully saturated rings. The molecular weight excluding hydrogens is 264 g/mol. The number of hydrogen-bond acceptors (Lipinski definition) is 3. The van der Waals surface area contributed by atoms with Gasteiger partial charge in [-0.3, -0.25) is 9.78 Å². The molecule has 1 heterocycles. The Morgan fingerprint density at radius 1 is 1.14 bits per heavy atom. The van der Waals surface area contributed by atoms with Crippen LogP contribution >= 0.6 is 0 Å². The minimum absolute atomic E-state index is 0.110. The number of fused-ring (bicyclic) bond motifs is 1. The monoisotopic (exact) mass is 278 g/mol. The van der Waals surface area contributed by atoms with Crippen LogP contribution in [-0.2, 0) is 0 Å². The zero-order valence-electron chi connectivity index (χ0n) is 11.5. The normalized spacial score (nSPS) is 10.5. The fourth-order valence-electron chi connectivity index (χ4n) is 2.15. The van der Waals surface area contributed by atoms with Gasteiger partial charge in [-0.2, -0.15) is 0 Å². The lowest BCUT2D eigenvalue weighted by atomic mass is 10.1. The van der Waals surface area contributed by atoms with E-state index < -0.39 is 0 Å². The number of anilines is 1. The zero-order chi connectivity index (χ0) is 14.8. The van der Waals surface area contributed by atoms with Crippen LogP contribution in [-0.4, -0.2) is 16.0 Å². The van der Waals surface area contributed by atoms with Crippen LogP contribution in [0.4, 0.5) is 5.69 Å². The largest absolute Gasteiger partial charge is 0.508 e. The van der Waals surface area contributed by atoms with Crippen LogP contribution in [0.2, 0.25) is 0 Å². The van der Waals surface area contributed by atoms with Crippen molar-refractivity contribution in [2.75, 3.05) is 5.32 Å². The summed E-state index contributed by atoms with van der Waals surface area (Å²) in [4.78, 5) is 16.6. The number of carbonyl (C=O) groups excluding carboxylic acids is 1. The second-order valence-electron chi connectivity index (χ2n) is 4.84. The molecule has 2 aromatic carbocycles. The lowest BCUT2D eigenvalue weighted by molar-refractivity contribution is 0.102. The van der Waals surface area contributed by atoms with Gasteiger partial charge >= 0.3 is 0 Å². The molecule has 1 aromatic heterocycles. The van der Waals surface area contributed by atoms with E-state index in [9.17, 15) is 9.90 Å². The summed E-state index contributed by atoms with van der Waals surface area (Å²) in [5, 5.41) is 13.5. The summed E-state index contributed by atoms with van der Waals surface area (Å²) < 4.78 is 0. The number of benzene rings is 2. The second kappa shape index (κ2) is 5.25. The van der Waals surface area contributed by atoms with Crippen LogP contribution < -0.4 is 5.32 Å². The van der Waals surface area contributed by atoms with Crippen molar-refractivity contribution in [2.24, 2.45) is 0 Å². The first-order chi connectivity index (χ1) is 10.1. The Balaban J connectivity index is 1.94. The van der Waals surface area contributed by atoms with Crippen molar-refractivity contribution >= 4 is 22.5 Å². The van der Waals surface area contributed by atoms with E-state index in [-0.39, 0.29) is 11.7 Å². The third-order valence-electron chi connectivity index (χ3n) is 3.35. The predicted octanol–water partition coefficient (Wildman–Crippen LogP) is 3.50. The third-order valence-corrected chi connectivity index (χ3v) is 3.35. The molecule has 104 valence electrons. The van der Waals surface area contributed by atoms with Crippen LogP contribution in [0.1, 0.15) is 15.9 Å². The van der Waals surface area contributed by atoms with Gasteiger partial charge in [-0.15, -0.1) is 0 Å². The molecule has 0 saturated carbocycles. The van der Waals surface area contributed by atoms with E-state index in [2.05, 4.69) is 10.3 Å². The van der Waals surface area contributed by atoms with Gasteiger partial charge in [0.2, 0.25) is 0 Å². The van der Waals surface area contributed by atoms with Crippen molar-refractivity contribution in [1.29, 1.82) is 0 Å². The van der Waals surface area contributed by atoms with Crippen LogP contribution in [0.5, 0.6) is 5.75 Å². The molecule has 3 rings (SSSR count). The van der Waals surface area contributed by atoms with Gasteiger partial charge in [0.1, 0.15) is 5.75 Å². The van der Waals surface area contributed by atoms with Gasteiger partial charge in [0, 0.05) is 17.1 Å². The molecule has 0 atom stereocenters. The van der Waals surface area contributed by atoms with Gasteiger partial charge in [-0.1, -0.05) is 24.3 Å². The number of phenolic OH excluding ortho intramolecular Hbond substituents is 1. The number of amides is 1. The Bertz CT molecular complexity index is 823. The van der Waals surface area contributed by atoms with Crippen LogP contribution in [0.25, 0.3) is 10.9 Å². The maximum atomic E-state index is 12.3. The van der Waals surface area contributed by atoms with Gasteiger partial charge in [-0.25, -0.2) is 0 Å². The summed E-state index contributed by atoms with van der Waals surface area (Å²) >= 11 is 0. The smallest absolute Gasteiger partial charge is 0.255 e. The van der Waals surface area contributed by atoms with Gasteiger partial charge in [0.25, 0.3) is 5.91 Å².